The minimum absolute atomic E-state index is 0. The van der Waals surface area contributed by atoms with Crippen LogP contribution in [0, 0.1) is 0 Å². The Kier molecular flexibility index (Phi) is 51.9. The summed E-state index contributed by atoms with van der Waals surface area (Å²) in [6.07, 6.45) is 0. The molecule has 0 unspecified atom stereocenters. The third-order valence-electron chi connectivity index (χ3n) is 0. The molecule has 7 heavy (non-hydrogen) atoms. The molecule has 0 aromatic rings. The van der Waals surface area contributed by atoms with Gasteiger partial charge in [0, 0.05) is 0 Å². The van der Waals surface area contributed by atoms with Gasteiger partial charge in [-0.15, -0.1) is 0 Å². The molecule has 7 heteroatoms. The molecule has 0 aromatic carbocycles. The Balaban J connectivity index is -0.0000000150. The van der Waals surface area contributed by atoms with E-state index in [4.69, 9.17) is 12.2 Å². The first-order valence-corrected chi connectivity index (χ1v) is 1.91. The standard InChI is InChI=1S/Co.Li.Mn.Ni.3O/q+2;+1;;+2;;2*-1. The number of hydrogen-bond donors (Lipinski definition) is 0. The zero-order chi connectivity index (χ0) is 3.58. The van der Waals surface area contributed by atoms with Crippen molar-refractivity contribution in [2.75, 3.05) is 0 Å². The Morgan fingerprint density at radius 2 is 1.29 bits per heavy atom. The molecule has 3 nitrogen and oxygen atoms in total. The van der Waals surface area contributed by atoms with Crippen molar-refractivity contribution in [3.63, 3.8) is 0 Å². The molecule has 0 amide bonds. The predicted molar refractivity (Wildman–Crippen MR) is 0.686 cm³/mol. The fraction of sp³-hybridized carbons (Fsp3) is 0. The van der Waals surface area contributed by atoms with E-state index in [0.29, 0.717) is 0 Å². The van der Waals surface area contributed by atoms with Crippen molar-refractivity contribution < 1.29 is 78.8 Å². The van der Waals surface area contributed by atoms with Gasteiger partial charge in [-0.25, -0.2) is 0 Å². The van der Waals surface area contributed by atoms with Crippen molar-refractivity contribution in [2.45, 2.75) is 0 Å². The van der Waals surface area contributed by atoms with Crippen molar-refractivity contribution >= 4 is 0 Å². The molecule has 0 rings (SSSR count). The van der Waals surface area contributed by atoms with E-state index in [9.17, 15) is 0 Å². The summed E-state index contributed by atoms with van der Waals surface area (Å²) < 4.78 is 25.6. The van der Waals surface area contributed by atoms with E-state index in [2.05, 4.69) is 0 Å². The van der Waals surface area contributed by atoms with E-state index < -0.39 is 14.5 Å². The number of rotatable bonds is 0. The van der Waals surface area contributed by atoms with Crippen LogP contribution in [0.5, 0.6) is 0 Å². The number of hydrogen-bond acceptors (Lipinski definition) is 3. The molecule has 0 saturated carbocycles. The van der Waals surface area contributed by atoms with Gasteiger partial charge in [0.25, 0.3) is 0 Å². The molecule has 0 bridgehead atoms. The molecule has 0 N–H and O–H groups in total. The van der Waals surface area contributed by atoms with Gasteiger partial charge in [0.05, 0.1) is 0 Å². The SMILES string of the molecule is [Co+2].[Li+].[Ni+2].[O]=[Mn]([O-])[O-]. The van der Waals surface area contributed by atoms with Crippen molar-refractivity contribution in [1.29, 1.82) is 0 Å². The predicted octanol–water partition coefficient (Wildman–Crippen LogP) is -5.50. The van der Waals surface area contributed by atoms with Gasteiger partial charge in [-0.3, -0.25) is 0 Å². The van der Waals surface area contributed by atoms with Gasteiger partial charge in [-0.1, -0.05) is 0 Å². The fourth-order valence-electron chi connectivity index (χ4n) is 0. The van der Waals surface area contributed by atoms with Crippen LogP contribution in [0.2, 0.25) is 0 Å². The van der Waals surface area contributed by atoms with Crippen LogP contribution in [-0.2, 0) is 51.6 Å². The molecule has 42 valence electrons. The molecule has 0 aliphatic carbocycles. The van der Waals surface area contributed by atoms with E-state index in [1.807, 2.05) is 0 Å². The van der Waals surface area contributed by atoms with E-state index in [0.717, 1.165) is 0 Å². The topological polar surface area (TPSA) is 63.2 Å². The van der Waals surface area contributed by atoms with E-state index in [-0.39, 0.29) is 52.1 Å². The third-order valence-corrected chi connectivity index (χ3v) is 0. The van der Waals surface area contributed by atoms with Crippen LogP contribution < -0.4 is 27.2 Å². The maximum atomic E-state index is 8.52. The first-order chi connectivity index (χ1) is 1.73. The van der Waals surface area contributed by atoms with E-state index in [1.165, 1.54) is 0 Å². The Bertz CT molecular complexity index is 37.9. The normalized spacial score (nSPS) is 5.00. The summed E-state index contributed by atoms with van der Waals surface area (Å²) in [6.45, 7) is 0. The van der Waals surface area contributed by atoms with Crippen molar-refractivity contribution in [3.05, 3.63) is 0 Å². The van der Waals surface area contributed by atoms with Gasteiger partial charge in [-0.05, 0) is 0 Å². The van der Waals surface area contributed by atoms with Crippen LogP contribution in [0.25, 0.3) is 0 Å². The van der Waals surface area contributed by atoms with Gasteiger partial charge in [0.1, 0.15) is 0 Å². The molecule has 0 atom stereocenters. The second-order valence-electron chi connectivity index (χ2n) is 0.189. The monoisotopic (exact) mass is 227 g/mol. The zero-order valence-corrected chi connectivity index (χ0v) is 6.46. The fourth-order valence-corrected chi connectivity index (χ4v) is 0. The average molecular weight is 228 g/mol. The molecule has 0 aliphatic heterocycles. The second-order valence-corrected chi connectivity index (χ2v) is 0.779. The molecular formula is CoLiMnNiO3+3. The second kappa shape index (κ2) is 15.7. The van der Waals surface area contributed by atoms with Gasteiger partial charge in [0.15, 0.2) is 0 Å². The van der Waals surface area contributed by atoms with Gasteiger partial charge in [0.2, 0.25) is 0 Å². The summed E-state index contributed by atoms with van der Waals surface area (Å²) in [5.74, 6) is 0. The molecule has 0 aromatic heterocycles. The van der Waals surface area contributed by atoms with Crippen LogP contribution in [0.1, 0.15) is 0 Å². The van der Waals surface area contributed by atoms with Crippen molar-refractivity contribution in [1.82, 2.24) is 0 Å². The van der Waals surface area contributed by atoms with Crippen LogP contribution in [-0.4, -0.2) is 0 Å². The van der Waals surface area contributed by atoms with Crippen LogP contribution in [0.4, 0.5) is 0 Å². The molecule has 0 fully saturated rings. The Hall–Kier alpha value is 1.84. The molecule has 0 saturated heterocycles. The zero-order valence-electron chi connectivity index (χ0n) is 3.25. The van der Waals surface area contributed by atoms with Crippen molar-refractivity contribution in [2.24, 2.45) is 0 Å². The summed E-state index contributed by atoms with van der Waals surface area (Å²) in [5.41, 5.74) is 0. The Morgan fingerprint density at radius 3 is 1.29 bits per heavy atom. The maximum absolute atomic E-state index is 8.52. The van der Waals surface area contributed by atoms with Gasteiger partial charge >= 0.3 is 78.8 Å². The van der Waals surface area contributed by atoms with Crippen LogP contribution in [0.15, 0.2) is 0 Å². The summed E-state index contributed by atoms with van der Waals surface area (Å²) in [4.78, 5) is 0. The van der Waals surface area contributed by atoms with E-state index in [1.54, 1.807) is 0 Å². The van der Waals surface area contributed by atoms with E-state index >= 15 is 0 Å². The molecule has 0 spiro atoms. The van der Waals surface area contributed by atoms with Crippen molar-refractivity contribution in [3.8, 4) is 0 Å². The minimum atomic E-state index is -3.65. The first-order valence-electron chi connectivity index (χ1n) is 0.463. The Morgan fingerprint density at radius 1 is 1.29 bits per heavy atom. The third kappa shape index (κ3) is 79.1. The average Bonchev–Trinajstić information content (AvgIpc) is 0.811. The summed E-state index contributed by atoms with van der Waals surface area (Å²) in [6, 6.07) is 0. The summed E-state index contributed by atoms with van der Waals surface area (Å²) >= 11 is -3.65. The van der Waals surface area contributed by atoms with Crippen LogP contribution in [0.3, 0.4) is 0 Å². The molecular weight excluding hydrogens is 228 g/mol. The van der Waals surface area contributed by atoms with Gasteiger partial charge in [-0.2, -0.15) is 0 Å². The quantitative estimate of drug-likeness (QED) is 0.388. The molecule has 0 aliphatic rings. The molecule has 0 heterocycles. The summed E-state index contributed by atoms with van der Waals surface area (Å²) in [7, 11) is 0. The summed E-state index contributed by atoms with van der Waals surface area (Å²) in [5, 5.41) is 0. The first kappa shape index (κ1) is 23.2. The Labute approximate surface area is 78.3 Å². The van der Waals surface area contributed by atoms with Gasteiger partial charge < -0.3 is 0 Å². The van der Waals surface area contributed by atoms with Crippen LogP contribution >= 0.6 is 0 Å². The molecule has 1 radical (unpaired) electrons.